The number of anilines is 1. The number of rotatable bonds is 2. The van der Waals surface area contributed by atoms with Gasteiger partial charge in [0.15, 0.2) is 9.84 Å². The van der Waals surface area contributed by atoms with E-state index in [9.17, 15) is 13.2 Å². The van der Waals surface area contributed by atoms with E-state index in [4.69, 9.17) is 0 Å². The Morgan fingerprint density at radius 1 is 1.47 bits per heavy atom. The fourth-order valence-corrected chi connectivity index (χ4v) is 4.12. The van der Waals surface area contributed by atoms with E-state index in [-0.39, 0.29) is 5.75 Å². The average molecular weight is 347 g/mol. The SMILES string of the molecule is Cc1cc(NC(=O)C2CCCCS2(=O)=O)cnc1Br. The molecule has 0 bridgehead atoms. The molecule has 0 saturated carbocycles. The quantitative estimate of drug-likeness (QED) is 0.831. The minimum absolute atomic E-state index is 0.0999. The Labute approximate surface area is 120 Å². The van der Waals surface area contributed by atoms with E-state index < -0.39 is 21.0 Å². The fourth-order valence-electron chi connectivity index (χ4n) is 2.10. The molecule has 1 N–H and O–H groups in total. The topological polar surface area (TPSA) is 76.1 Å². The van der Waals surface area contributed by atoms with Crippen LogP contribution in [0.5, 0.6) is 0 Å². The van der Waals surface area contributed by atoms with Crippen molar-refractivity contribution in [2.75, 3.05) is 11.1 Å². The average Bonchev–Trinajstić information content (AvgIpc) is 2.33. The van der Waals surface area contributed by atoms with E-state index in [2.05, 4.69) is 26.2 Å². The summed E-state index contributed by atoms with van der Waals surface area (Å²) in [4.78, 5) is 16.1. The lowest BCUT2D eigenvalue weighted by molar-refractivity contribution is -0.116. The first-order chi connectivity index (χ1) is 8.90. The van der Waals surface area contributed by atoms with Gasteiger partial charge in [-0.2, -0.15) is 0 Å². The molecule has 7 heteroatoms. The highest BCUT2D eigenvalue weighted by molar-refractivity contribution is 9.10. The molecule has 1 saturated heterocycles. The second-order valence-corrected chi connectivity index (χ2v) is 7.73. The number of sulfone groups is 1. The number of carbonyl (C=O) groups is 1. The Bertz CT molecular complexity index is 601. The molecule has 2 heterocycles. The van der Waals surface area contributed by atoms with Crippen molar-refractivity contribution in [2.24, 2.45) is 0 Å². The molecule has 104 valence electrons. The van der Waals surface area contributed by atoms with Crippen molar-refractivity contribution < 1.29 is 13.2 Å². The van der Waals surface area contributed by atoms with Crippen molar-refractivity contribution >= 4 is 37.4 Å². The van der Waals surface area contributed by atoms with Gasteiger partial charge in [-0.1, -0.05) is 6.42 Å². The Kier molecular flexibility index (Phi) is 4.25. The van der Waals surface area contributed by atoms with Crippen LogP contribution < -0.4 is 5.32 Å². The normalized spacial score (nSPS) is 21.9. The number of nitrogens with one attached hydrogen (secondary N) is 1. The van der Waals surface area contributed by atoms with Crippen LogP contribution in [0.3, 0.4) is 0 Å². The fraction of sp³-hybridized carbons (Fsp3) is 0.500. The Morgan fingerprint density at radius 3 is 2.84 bits per heavy atom. The summed E-state index contributed by atoms with van der Waals surface area (Å²) in [6, 6.07) is 1.75. The van der Waals surface area contributed by atoms with E-state index in [1.54, 1.807) is 6.07 Å². The van der Waals surface area contributed by atoms with Gasteiger partial charge in [-0.15, -0.1) is 0 Å². The third kappa shape index (κ3) is 3.33. The van der Waals surface area contributed by atoms with Crippen LogP contribution in [0.1, 0.15) is 24.8 Å². The Morgan fingerprint density at radius 2 is 2.21 bits per heavy atom. The first-order valence-corrected chi connectivity index (χ1v) is 8.55. The van der Waals surface area contributed by atoms with Crippen molar-refractivity contribution in [3.05, 3.63) is 22.4 Å². The summed E-state index contributed by atoms with van der Waals surface area (Å²) < 4.78 is 24.4. The summed E-state index contributed by atoms with van der Waals surface area (Å²) >= 11 is 3.27. The van der Waals surface area contributed by atoms with Crippen molar-refractivity contribution in [3.63, 3.8) is 0 Å². The predicted octanol–water partition coefficient (Wildman–Crippen LogP) is 2.06. The van der Waals surface area contributed by atoms with E-state index in [1.165, 1.54) is 6.20 Å². The van der Waals surface area contributed by atoms with Crippen molar-refractivity contribution in [3.8, 4) is 0 Å². The van der Waals surface area contributed by atoms with Gasteiger partial charge in [0.2, 0.25) is 5.91 Å². The van der Waals surface area contributed by atoms with E-state index in [0.29, 0.717) is 23.1 Å². The summed E-state index contributed by atoms with van der Waals surface area (Å²) in [6.07, 6.45) is 3.32. The molecule has 2 rings (SSSR count). The maximum absolute atomic E-state index is 12.0. The van der Waals surface area contributed by atoms with E-state index in [0.717, 1.165) is 12.0 Å². The van der Waals surface area contributed by atoms with Crippen LogP contribution in [-0.2, 0) is 14.6 Å². The molecule has 1 aliphatic rings. The minimum atomic E-state index is -3.30. The third-order valence-electron chi connectivity index (χ3n) is 3.15. The van der Waals surface area contributed by atoms with Crippen LogP contribution in [0.4, 0.5) is 5.69 Å². The third-order valence-corrected chi connectivity index (χ3v) is 6.16. The standard InChI is InChI=1S/C12H15BrN2O3S/c1-8-6-9(7-14-11(8)13)15-12(16)10-4-2-3-5-19(10,17)18/h6-7,10H,2-5H2,1H3,(H,15,16). The maximum Gasteiger partial charge on any atom is 0.242 e. The second kappa shape index (κ2) is 5.58. The number of pyridine rings is 1. The monoisotopic (exact) mass is 346 g/mol. The maximum atomic E-state index is 12.0. The molecule has 19 heavy (non-hydrogen) atoms. The zero-order valence-electron chi connectivity index (χ0n) is 10.5. The molecule has 1 amide bonds. The summed E-state index contributed by atoms with van der Waals surface area (Å²) in [6.45, 7) is 1.85. The van der Waals surface area contributed by atoms with E-state index >= 15 is 0 Å². The van der Waals surface area contributed by atoms with Crippen LogP contribution >= 0.6 is 15.9 Å². The minimum Gasteiger partial charge on any atom is -0.324 e. The van der Waals surface area contributed by atoms with Gasteiger partial charge < -0.3 is 5.32 Å². The number of carbonyl (C=O) groups excluding carboxylic acids is 1. The highest BCUT2D eigenvalue weighted by Gasteiger charge is 2.34. The van der Waals surface area contributed by atoms with Crippen LogP contribution in [0, 0.1) is 6.92 Å². The largest absolute Gasteiger partial charge is 0.324 e. The number of nitrogens with zero attached hydrogens (tertiary/aromatic N) is 1. The molecule has 0 aromatic carbocycles. The molecule has 0 radical (unpaired) electrons. The molecule has 1 unspecified atom stereocenters. The van der Waals surface area contributed by atoms with Gasteiger partial charge in [0.25, 0.3) is 0 Å². The van der Waals surface area contributed by atoms with Gasteiger partial charge in [-0.25, -0.2) is 13.4 Å². The lowest BCUT2D eigenvalue weighted by Gasteiger charge is -2.21. The smallest absolute Gasteiger partial charge is 0.242 e. The molecule has 0 aliphatic carbocycles. The number of aromatic nitrogens is 1. The highest BCUT2D eigenvalue weighted by Crippen LogP contribution is 2.22. The molecule has 1 aromatic rings. The molecule has 1 aromatic heterocycles. The molecule has 1 atom stereocenters. The van der Waals surface area contributed by atoms with Gasteiger partial charge in [0.05, 0.1) is 17.6 Å². The number of halogens is 1. The number of hydrogen-bond acceptors (Lipinski definition) is 4. The summed E-state index contributed by atoms with van der Waals surface area (Å²) in [5.74, 6) is -0.355. The van der Waals surface area contributed by atoms with Gasteiger partial charge in [-0.05, 0) is 47.3 Å². The van der Waals surface area contributed by atoms with Gasteiger partial charge in [0.1, 0.15) is 9.85 Å². The van der Waals surface area contributed by atoms with Crippen molar-refractivity contribution in [1.82, 2.24) is 4.98 Å². The van der Waals surface area contributed by atoms with Crippen LogP contribution in [0.25, 0.3) is 0 Å². The molecular formula is C12H15BrN2O3S. The zero-order chi connectivity index (χ0) is 14.0. The lowest BCUT2D eigenvalue weighted by atomic mass is 10.2. The first kappa shape index (κ1) is 14.5. The summed E-state index contributed by atoms with van der Waals surface area (Å²) in [5.41, 5.74) is 1.40. The number of hydrogen-bond donors (Lipinski definition) is 1. The van der Waals surface area contributed by atoms with Crippen LogP contribution in [-0.4, -0.2) is 30.3 Å². The lowest BCUT2D eigenvalue weighted by Crippen LogP contribution is -2.39. The van der Waals surface area contributed by atoms with Crippen molar-refractivity contribution in [1.29, 1.82) is 0 Å². The second-order valence-electron chi connectivity index (χ2n) is 4.67. The molecule has 5 nitrogen and oxygen atoms in total. The number of aryl methyl sites for hydroxylation is 1. The Hall–Kier alpha value is -0.950. The van der Waals surface area contributed by atoms with Gasteiger partial charge in [-0.3, -0.25) is 4.79 Å². The number of amides is 1. The molecule has 0 spiro atoms. The zero-order valence-corrected chi connectivity index (χ0v) is 12.9. The van der Waals surface area contributed by atoms with Gasteiger partial charge >= 0.3 is 0 Å². The summed E-state index contributed by atoms with van der Waals surface area (Å²) in [7, 11) is -3.30. The molecule has 1 fully saturated rings. The van der Waals surface area contributed by atoms with E-state index in [1.807, 2.05) is 6.92 Å². The summed E-state index contributed by atoms with van der Waals surface area (Å²) in [5, 5.41) is 1.71. The molecule has 1 aliphatic heterocycles. The highest BCUT2D eigenvalue weighted by atomic mass is 79.9. The van der Waals surface area contributed by atoms with Gasteiger partial charge in [0, 0.05) is 0 Å². The Balaban J connectivity index is 2.14. The predicted molar refractivity (Wildman–Crippen MR) is 76.7 cm³/mol. The van der Waals surface area contributed by atoms with Crippen LogP contribution in [0.2, 0.25) is 0 Å². The van der Waals surface area contributed by atoms with Crippen LogP contribution in [0.15, 0.2) is 16.9 Å². The molecular weight excluding hydrogens is 332 g/mol. The first-order valence-electron chi connectivity index (χ1n) is 6.05. The van der Waals surface area contributed by atoms with Crippen molar-refractivity contribution in [2.45, 2.75) is 31.4 Å².